The minimum atomic E-state index is -4.00. The van der Waals surface area contributed by atoms with Crippen LogP contribution in [0.1, 0.15) is 25.7 Å². The molecule has 0 bridgehead atoms. The van der Waals surface area contributed by atoms with E-state index < -0.39 is 20.7 Å². The molecular formula is C17H19N3O4S. The number of ether oxygens (including phenoxy) is 1. The maximum Gasteiger partial charge on any atom is 0.247 e. The third kappa shape index (κ3) is 3.64. The van der Waals surface area contributed by atoms with Gasteiger partial charge in [0.2, 0.25) is 21.8 Å². The van der Waals surface area contributed by atoms with Crippen LogP contribution >= 0.6 is 0 Å². The first kappa shape index (κ1) is 17.4. The number of nitrogens with two attached hydrogens (primary N) is 1. The highest BCUT2D eigenvalue weighted by Gasteiger charge is 2.50. The van der Waals surface area contributed by atoms with Gasteiger partial charge >= 0.3 is 0 Å². The molecule has 1 amide bonds. The fourth-order valence-electron chi connectivity index (χ4n) is 3.00. The molecule has 0 unspecified atom stereocenters. The first-order valence-electron chi connectivity index (χ1n) is 7.93. The Kier molecular flexibility index (Phi) is 4.73. The van der Waals surface area contributed by atoms with E-state index in [4.69, 9.17) is 9.88 Å². The summed E-state index contributed by atoms with van der Waals surface area (Å²) < 4.78 is 28.0. The van der Waals surface area contributed by atoms with Gasteiger partial charge in [-0.3, -0.25) is 4.79 Å². The van der Waals surface area contributed by atoms with Crippen LogP contribution in [0, 0.1) is 0 Å². The van der Waals surface area contributed by atoms with Gasteiger partial charge < -0.3 is 10.1 Å². The van der Waals surface area contributed by atoms with Crippen LogP contribution in [0.2, 0.25) is 0 Å². The number of nitrogens with one attached hydrogen (secondary N) is 1. The van der Waals surface area contributed by atoms with E-state index in [0.717, 1.165) is 0 Å². The van der Waals surface area contributed by atoms with Crippen LogP contribution in [0.4, 0.5) is 5.69 Å². The summed E-state index contributed by atoms with van der Waals surface area (Å²) in [5, 5.41) is 8.00. The van der Waals surface area contributed by atoms with Crippen molar-refractivity contribution in [3.8, 4) is 11.6 Å². The molecule has 1 saturated carbocycles. The Morgan fingerprint density at radius 2 is 1.92 bits per heavy atom. The highest BCUT2D eigenvalue weighted by Crippen LogP contribution is 2.36. The van der Waals surface area contributed by atoms with Crippen molar-refractivity contribution < 1.29 is 17.9 Å². The number of carbonyl (C=O) groups excluding carboxylic acids is 1. The van der Waals surface area contributed by atoms with Gasteiger partial charge in [0, 0.05) is 24.0 Å². The third-order valence-electron chi connectivity index (χ3n) is 4.32. The maximum absolute atomic E-state index is 12.6. The second-order valence-electron chi connectivity index (χ2n) is 6.00. The highest BCUT2D eigenvalue weighted by molar-refractivity contribution is 7.91. The van der Waals surface area contributed by atoms with Gasteiger partial charge in [-0.1, -0.05) is 25.0 Å². The van der Waals surface area contributed by atoms with Crippen molar-refractivity contribution in [3.05, 3.63) is 48.7 Å². The van der Waals surface area contributed by atoms with Crippen LogP contribution < -0.4 is 15.2 Å². The Labute approximate surface area is 146 Å². The molecule has 1 aromatic heterocycles. The summed E-state index contributed by atoms with van der Waals surface area (Å²) in [5.41, 5.74) is 0.438. The van der Waals surface area contributed by atoms with Crippen LogP contribution in [-0.4, -0.2) is 24.1 Å². The number of sulfonamides is 1. The summed E-state index contributed by atoms with van der Waals surface area (Å²) in [6.07, 6.45) is 3.40. The fourth-order valence-corrected chi connectivity index (χ4v) is 4.16. The largest absolute Gasteiger partial charge is 0.439 e. The Hall–Kier alpha value is -2.45. The van der Waals surface area contributed by atoms with E-state index in [1.54, 1.807) is 48.7 Å². The molecule has 25 heavy (non-hydrogen) atoms. The van der Waals surface area contributed by atoms with Crippen molar-refractivity contribution in [1.82, 2.24) is 4.98 Å². The van der Waals surface area contributed by atoms with Gasteiger partial charge in [0.15, 0.2) is 4.75 Å². The predicted molar refractivity (Wildman–Crippen MR) is 93.7 cm³/mol. The number of carbonyl (C=O) groups is 1. The van der Waals surface area contributed by atoms with Crippen LogP contribution in [0.15, 0.2) is 48.7 Å². The number of aromatic nitrogens is 1. The van der Waals surface area contributed by atoms with Gasteiger partial charge in [0.25, 0.3) is 0 Å². The first-order valence-corrected chi connectivity index (χ1v) is 9.48. The molecule has 1 aromatic carbocycles. The highest BCUT2D eigenvalue weighted by atomic mass is 32.2. The van der Waals surface area contributed by atoms with Gasteiger partial charge in [-0.15, -0.1) is 0 Å². The molecule has 0 radical (unpaired) electrons. The van der Waals surface area contributed by atoms with Crippen molar-refractivity contribution in [1.29, 1.82) is 0 Å². The van der Waals surface area contributed by atoms with Crippen molar-refractivity contribution >= 4 is 21.6 Å². The Morgan fingerprint density at radius 3 is 2.56 bits per heavy atom. The molecule has 1 heterocycles. The predicted octanol–water partition coefficient (Wildman–Crippen LogP) is 2.41. The van der Waals surface area contributed by atoms with E-state index in [0.29, 0.717) is 30.2 Å². The van der Waals surface area contributed by atoms with Crippen LogP contribution in [0.3, 0.4) is 0 Å². The molecular weight excluding hydrogens is 342 g/mol. The second kappa shape index (κ2) is 6.81. The number of hydrogen-bond donors (Lipinski definition) is 2. The van der Waals surface area contributed by atoms with Gasteiger partial charge in [-0.05, 0) is 31.0 Å². The average Bonchev–Trinajstić information content (AvgIpc) is 3.07. The normalized spacial score (nSPS) is 16.4. The summed E-state index contributed by atoms with van der Waals surface area (Å²) in [6.45, 7) is 0. The topological polar surface area (TPSA) is 111 Å². The second-order valence-corrected chi connectivity index (χ2v) is 7.87. The summed E-state index contributed by atoms with van der Waals surface area (Å²) in [5.74, 6) is 0.304. The zero-order valence-corrected chi connectivity index (χ0v) is 14.3. The quantitative estimate of drug-likeness (QED) is 0.849. The van der Waals surface area contributed by atoms with Gasteiger partial charge in [0.05, 0.1) is 0 Å². The number of anilines is 1. The van der Waals surface area contributed by atoms with E-state index in [1.807, 2.05) is 0 Å². The SMILES string of the molecule is NS(=O)(=O)C1(C(=O)Nc2cccc(Oc3ccccn3)c2)CCCC1. The lowest BCUT2D eigenvalue weighted by molar-refractivity contribution is -0.118. The zero-order chi connectivity index (χ0) is 17.9. The molecule has 0 atom stereocenters. The van der Waals surface area contributed by atoms with Crippen molar-refractivity contribution in [2.24, 2.45) is 5.14 Å². The lowest BCUT2D eigenvalue weighted by Gasteiger charge is -2.25. The number of primary sulfonamides is 1. The van der Waals surface area contributed by atoms with Crippen molar-refractivity contribution in [2.75, 3.05) is 5.32 Å². The molecule has 132 valence electrons. The molecule has 8 heteroatoms. The number of amides is 1. The average molecular weight is 361 g/mol. The zero-order valence-electron chi connectivity index (χ0n) is 13.5. The molecule has 0 saturated heterocycles. The fraction of sp³-hybridized carbons (Fsp3) is 0.294. The molecule has 3 rings (SSSR count). The monoisotopic (exact) mass is 361 g/mol. The summed E-state index contributed by atoms with van der Waals surface area (Å²) in [4.78, 5) is 16.7. The van der Waals surface area contributed by atoms with E-state index in [-0.39, 0.29) is 12.8 Å². The lowest BCUT2D eigenvalue weighted by atomic mass is 10.1. The van der Waals surface area contributed by atoms with E-state index in [2.05, 4.69) is 10.3 Å². The Bertz CT molecular complexity index is 862. The molecule has 0 spiro atoms. The molecule has 1 aliphatic rings. The Balaban J connectivity index is 1.79. The maximum atomic E-state index is 12.6. The minimum absolute atomic E-state index is 0.238. The van der Waals surface area contributed by atoms with Crippen LogP contribution in [-0.2, 0) is 14.8 Å². The number of benzene rings is 1. The minimum Gasteiger partial charge on any atom is -0.439 e. The number of pyridine rings is 1. The Morgan fingerprint density at radius 1 is 1.16 bits per heavy atom. The molecule has 0 aliphatic heterocycles. The van der Waals surface area contributed by atoms with E-state index in [9.17, 15) is 13.2 Å². The molecule has 3 N–H and O–H groups in total. The summed E-state index contributed by atoms with van der Waals surface area (Å²) in [7, 11) is -4.00. The third-order valence-corrected chi connectivity index (χ3v) is 6.00. The van der Waals surface area contributed by atoms with Gasteiger partial charge in [0.1, 0.15) is 5.75 Å². The standard InChI is InChI=1S/C17H19N3O4S/c18-25(22,23)17(9-2-3-10-17)16(21)20-13-6-5-7-14(12-13)24-15-8-1-4-11-19-15/h1,4-8,11-12H,2-3,9-10H2,(H,20,21)(H2,18,22,23). The summed E-state index contributed by atoms with van der Waals surface area (Å²) in [6, 6.07) is 12.0. The first-order chi connectivity index (χ1) is 11.9. The molecule has 1 fully saturated rings. The van der Waals surface area contributed by atoms with Crippen molar-refractivity contribution in [3.63, 3.8) is 0 Å². The number of nitrogens with zero attached hydrogens (tertiary/aromatic N) is 1. The lowest BCUT2D eigenvalue weighted by Crippen LogP contribution is -2.50. The number of hydrogen-bond acceptors (Lipinski definition) is 5. The van der Waals surface area contributed by atoms with E-state index in [1.165, 1.54) is 0 Å². The molecule has 7 nitrogen and oxygen atoms in total. The van der Waals surface area contributed by atoms with Gasteiger partial charge in [-0.25, -0.2) is 18.5 Å². The van der Waals surface area contributed by atoms with E-state index >= 15 is 0 Å². The molecule has 2 aromatic rings. The van der Waals surface area contributed by atoms with Crippen LogP contribution in [0.25, 0.3) is 0 Å². The number of rotatable bonds is 5. The van der Waals surface area contributed by atoms with Gasteiger partial charge in [-0.2, -0.15) is 0 Å². The smallest absolute Gasteiger partial charge is 0.247 e. The van der Waals surface area contributed by atoms with Crippen molar-refractivity contribution in [2.45, 2.75) is 30.4 Å². The summed E-state index contributed by atoms with van der Waals surface area (Å²) >= 11 is 0. The van der Waals surface area contributed by atoms with Crippen LogP contribution in [0.5, 0.6) is 11.6 Å². The molecule has 1 aliphatic carbocycles.